The first-order valence-corrected chi connectivity index (χ1v) is 8.20. The first-order valence-electron chi connectivity index (χ1n) is 8.20. The van der Waals surface area contributed by atoms with Crippen LogP contribution in [0.5, 0.6) is 0 Å². The molecule has 5 nitrogen and oxygen atoms in total. The number of carbonyl (C=O) groups excluding carboxylic acids is 1. The molecule has 3 rings (SSSR count). The first kappa shape index (κ1) is 17.3. The highest BCUT2D eigenvalue weighted by Gasteiger charge is 2.12. The average Bonchev–Trinajstić information content (AvgIpc) is 3.16. The van der Waals surface area contributed by atoms with Gasteiger partial charge < -0.3 is 14.7 Å². The molecule has 0 spiro atoms. The smallest absolute Gasteiger partial charge is 0.274 e. The van der Waals surface area contributed by atoms with Crippen LogP contribution in [0.1, 0.15) is 16.1 Å². The van der Waals surface area contributed by atoms with E-state index in [1.54, 1.807) is 6.07 Å². The van der Waals surface area contributed by atoms with Gasteiger partial charge in [-0.2, -0.15) is 0 Å². The number of hydrogen-bond donors (Lipinski definition) is 1. The van der Waals surface area contributed by atoms with E-state index in [1.165, 1.54) is 0 Å². The van der Waals surface area contributed by atoms with Gasteiger partial charge >= 0.3 is 0 Å². The number of nitrogens with one attached hydrogen (secondary N) is 1. The number of aromatic nitrogens is 1. The van der Waals surface area contributed by atoms with E-state index in [9.17, 15) is 4.79 Å². The Morgan fingerprint density at radius 2 is 1.85 bits per heavy atom. The van der Waals surface area contributed by atoms with Gasteiger partial charge in [-0.1, -0.05) is 59.5 Å². The molecule has 3 aromatic rings. The maximum absolute atomic E-state index is 12.2. The Balaban J connectivity index is 1.62. The molecule has 26 heavy (non-hydrogen) atoms. The van der Waals surface area contributed by atoms with E-state index < -0.39 is 0 Å². The predicted molar refractivity (Wildman–Crippen MR) is 102 cm³/mol. The van der Waals surface area contributed by atoms with Crippen molar-refractivity contribution in [2.75, 3.05) is 25.5 Å². The van der Waals surface area contributed by atoms with Crippen LogP contribution < -0.4 is 10.2 Å². The zero-order chi connectivity index (χ0) is 18.4. The summed E-state index contributed by atoms with van der Waals surface area (Å²) in [4.78, 5) is 14.2. The number of carbonyl (C=O) groups is 1. The van der Waals surface area contributed by atoms with Crippen molar-refractivity contribution in [2.24, 2.45) is 0 Å². The highest BCUT2D eigenvalue weighted by Crippen LogP contribution is 2.19. The van der Waals surface area contributed by atoms with Gasteiger partial charge in [0.25, 0.3) is 5.91 Å². The lowest BCUT2D eigenvalue weighted by Gasteiger charge is -2.13. The zero-order valence-electron chi connectivity index (χ0n) is 14.7. The maximum atomic E-state index is 12.2. The van der Waals surface area contributed by atoms with Gasteiger partial charge in [0.2, 0.25) is 0 Å². The van der Waals surface area contributed by atoms with Crippen molar-refractivity contribution < 1.29 is 9.32 Å². The highest BCUT2D eigenvalue weighted by molar-refractivity contribution is 5.93. The Hall–Kier alpha value is -3.52. The van der Waals surface area contributed by atoms with Gasteiger partial charge in [0.05, 0.1) is 12.2 Å². The molecule has 1 aromatic heterocycles. The molecule has 0 atom stereocenters. The second-order valence-corrected chi connectivity index (χ2v) is 5.84. The number of benzene rings is 2. The SMILES string of the molecule is CN(C)c1ccccc1C#CCNC(=O)c1cc(-c2ccccc2)on1. The summed E-state index contributed by atoms with van der Waals surface area (Å²) in [6.07, 6.45) is 0. The van der Waals surface area contributed by atoms with E-state index in [0.717, 1.165) is 16.8 Å². The van der Waals surface area contributed by atoms with Crippen LogP contribution in [0.25, 0.3) is 11.3 Å². The summed E-state index contributed by atoms with van der Waals surface area (Å²) in [6.45, 7) is 0.230. The fourth-order valence-electron chi connectivity index (χ4n) is 2.44. The summed E-state index contributed by atoms with van der Waals surface area (Å²) in [5.41, 5.74) is 3.06. The fraction of sp³-hybridized carbons (Fsp3) is 0.143. The Morgan fingerprint density at radius 3 is 2.62 bits per heavy atom. The van der Waals surface area contributed by atoms with Crippen LogP contribution >= 0.6 is 0 Å². The van der Waals surface area contributed by atoms with Crippen molar-refractivity contribution in [3.05, 3.63) is 71.9 Å². The molecule has 0 unspecified atom stereocenters. The second kappa shape index (κ2) is 8.04. The molecule has 0 aliphatic carbocycles. The highest BCUT2D eigenvalue weighted by atomic mass is 16.5. The van der Waals surface area contributed by atoms with Crippen LogP contribution in [-0.2, 0) is 0 Å². The Labute approximate surface area is 152 Å². The van der Waals surface area contributed by atoms with E-state index in [4.69, 9.17) is 4.52 Å². The molecule has 1 N–H and O–H groups in total. The van der Waals surface area contributed by atoms with Gasteiger partial charge in [-0.3, -0.25) is 4.79 Å². The van der Waals surface area contributed by atoms with E-state index in [2.05, 4.69) is 22.3 Å². The molecule has 2 aromatic carbocycles. The van der Waals surface area contributed by atoms with Gasteiger partial charge in [0.15, 0.2) is 11.5 Å². The summed E-state index contributed by atoms with van der Waals surface area (Å²) in [5, 5.41) is 6.56. The van der Waals surface area contributed by atoms with Crippen LogP contribution in [0.15, 0.2) is 65.2 Å². The average molecular weight is 345 g/mol. The summed E-state index contributed by atoms with van der Waals surface area (Å²) in [6, 6.07) is 19.0. The summed E-state index contributed by atoms with van der Waals surface area (Å²) in [5.74, 6) is 6.29. The third-order valence-electron chi connectivity index (χ3n) is 3.75. The normalized spacial score (nSPS) is 9.92. The van der Waals surface area contributed by atoms with Crippen molar-refractivity contribution >= 4 is 11.6 Å². The molecule has 0 fully saturated rings. The lowest BCUT2D eigenvalue weighted by molar-refractivity contribution is 0.0950. The third-order valence-corrected chi connectivity index (χ3v) is 3.75. The second-order valence-electron chi connectivity index (χ2n) is 5.84. The van der Waals surface area contributed by atoms with Crippen LogP contribution in [-0.4, -0.2) is 31.7 Å². The van der Waals surface area contributed by atoms with E-state index in [-0.39, 0.29) is 18.1 Å². The minimum atomic E-state index is -0.314. The third kappa shape index (κ3) is 4.11. The van der Waals surface area contributed by atoms with Crippen LogP contribution in [0.2, 0.25) is 0 Å². The molecular weight excluding hydrogens is 326 g/mol. The standard InChI is InChI=1S/C21H19N3O2/c1-24(2)19-13-7-6-9-16(19)12-8-14-22-21(25)18-15-20(26-23-18)17-10-4-3-5-11-17/h3-7,9-11,13,15H,14H2,1-2H3,(H,22,25). The first-order chi connectivity index (χ1) is 12.6. The van der Waals surface area contributed by atoms with E-state index >= 15 is 0 Å². The lowest BCUT2D eigenvalue weighted by atomic mass is 10.1. The van der Waals surface area contributed by atoms with Crippen molar-refractivity contribution in [1.82, 2.24) is 10.5 Å². The van der Waals surface area contributed by atoms with Gasteiger partial charge in [-0.15, -0.1) is 0 Å². The number of rotatable bonds is 4. The molecule has 130 valence electrons. The molecule has 0 aliphatic heterocycles. The van der Waals surface area contributed by atoms with Gasteiger partial charge in [-0.25, -0.2) is 0 Å². The molecule has 0 aliphatic rings. The quantitative estimate of drug-likeness (QED) is 0.738. The number of nitrogens with zero attached hydrogens (tertiary/aromatic N) is 2. The largest absolute Gasteiger partial charge is 0.377 e. The Kier molecular flexibility index (Phi) is 5.35. The van der Waals surface area contributed by atoms with Crippen molar-refractivity contribution in [3.8, 4) is 23.2 Å². The minimum absolute atomic E-state index is 0.230. The summed E-state index contributed by atoms with van der Waals surface area (Å²) < 4.78 is 5.24. The molecule has 1 amide bonds. The van der Waals surface area contributed by atoms with Crippen LogP contribution in [0.3, 0.4) is 0 Å². The Morgan fingerprint density at radius 1 is 1.12 bits per heavy atom. The molecular formula is C21H19N3O2. The van der Waals surface area contributed by atoms with E-state index in [1.807, 2.05) is 73.6 Å². The van der Waals surface area contributed by atoms with E-state index in [0.29, 0.717) is 5.76 Å². The summed E-state index contributed by atoms with van der Waals surface area (Å²) in [7, 11) is 3.94. The van der Waals surface area contributed by atoms with Gasteiger partial charge in [0, 0.05) is 31.3 Å². The number of anilines is 1. The van der Waals surface area contributed by atoms with Crippen molar-refractivity contribution in [1.29, 1.82) is 0 Å². The molecule has 5 heteroatoms. The fourth-order valence-corrected chi connectivity index (χ4v) is 2.44. The Bertz CT molecular complexity index is 950. The molecule has 0 bridgehead atoms. The van der Waals surface area contributed by atoms with Crippen LogP contribution in [0.4, 0.5) is 5.69 Å². The zero-order valence-corrected chi connectivity index (χ0v) is 14.7. The van der Waals surface area contributed by atoms with Gasteiger partial charge in [0.1, 0.15) is 0 Å². The molecule has 0 saturated heterocycles. The topological polar surface area (TPSA) is 58.4 Å². The number of amides is 1. The molecule has 0 radical (unpaired) electrons. The monoisotopic (exact) mass is 345 g/mol. The molecule has 1 heterocycles. The predicted octanol–water partition coefficient (Wildman–Crippen LogP) is 3.19. The molecule has 0 saturated carbocycles. The summed E-state index contributed by atoms with van der Waals surface area (Å²) >= 11 is 0. The van der Waals surface area contributed by atoms with Crippen molar-refractivity contribution in [2.45, 2.75) is 0 Å². The maximum Gasteiger partial charge on any atom is 0.274 e. The van der Waals surface area contributed by atoms with Crippen LogP contribution in [0, 0.1) is 11.8 Å². The number of para-hydroxylation sites is 1. The van der Waals surface area contributed by atoms with Gasteiger partial charge in [-0.05, 0) is 12.1 Å². The van der Waals surface area contributed by atoms with Crippen molar-refractivity contribution in [3.63, 3.8) is 0 Å². The lowest BCUT2D eigenvalue weighted by Crippen LogP contribution is -2.23. The number of hydrogen-bond acceptors (Lipinski definition) is 4. The minimum Gasteiger partial charge on any atom is -0.377 e.